The first-order valence-corrected chi connectivity index (χ1v) is 5.43. The van der Waals surface area contributed by atoms with Crippen molar-refractivity contribution in [3.05, 3.63) is 46.5 Å². The number of anilines is 1. The SMILES string of the molecule is Cc1cc(Br)cnc1NC(=O)c1ccco1. The van der Waals surface area contributed by atoms with Gasteiger partial charge >= 0.3 is 0 Å². The zero-order chi connectivity index (χ0) is 11.5. The molecular formula is C11H9BrN2O2. The molecule has 2 rings (SSSR count). The van der Waals surface area contributed by atoms with E-state index in [1.165, 1.54) is 6.26 Å². The zero-order valence-corrected chi connectivity index (χ0v) is 10.1. The van der Waals surface area contributed by atoms with Gasteiger partial charge in [-0.2, -0.15) is 0 Å². The van der Waals surface area contributed by atoms with Gasteiger partial charge in [0.05, 0.1) is 6.26 Å². The Kier molecular flexibility index (Phi) is 3.05. The van der Waals surface area contributed by atoms with Crippen LogP contribution in [0.25, 0.3) is 0 Å². The molecule has 0 fully saturated rings. The number of hydrogen-bond donors (Lipinski definition) is 1. The minimum atomic E-state index is -0.303. The molecule has 0 atom stereocenters. The summed E-state index contributed by atoms with van der Waals surface area (Å²) in [5.41, 5.74) is 0.884. The number of carbonyl (C=O) groups excluding carboxylic acids is 1. The topological polar surface area (TPSA) is 55.1 Å². The number of furan rings is 1. The number of hydrogen-bond acceptors (Lipinski definition) is 3. The van der Waals surface area contributed by atoms with Crippen molar-refractivity contribution in [1.82, 2.24) is 4.98 Å². The molecule has 4 nitrogen and oxygen atoms in total. The van der Waals surface area contributed by atoms with Crippen molar-refractivity contribution in [3.63, 3.8) is 0 Å². The number of amides is 1. The molecule has 0 saturated heterocycles. The van der Waals surface area contributed by atoms with Crippen LogP contribution in [0.5, 0.6) is 0 Å². The van der Waals surface area contributed by atoms with E-state index < -0.39 is 0 Å². The highest BCUT2D eigenvalue weighted by atomic mass is 79.9. The average molecular weight is 281 g/mol. The standard InChI is InChI=1S/C11H9BrN2O2/c1-7-5-8(12)6-13-10(7)14-11(15)9-3-2-4-16-9/h2-6H,1H3,(H,13,14,15). The van der Waals surface area contributed by atoms with Gasteiger partial charge in [0, 0.05) is 10.7 Å². The number of carbonyl (C=O) groups is 1. The lowest BCUT2D eigenvalue weighted by Gasteiger charge is -2.05. The molecule has 0 aliphatic carbocycles. The molecular weight excluding hydrogens is 272 g/mol. The first-order valence-electron chi connectivity index (χ1n) is 4.64. The maximum Gasteiger partial charge on any atom is 0.292 e. The van der Waals surface area contributed by atoms with Crippen molar-refractivity contribution >= 4 is 27.7 Å². The molecule has 0 aromatic carbocycles. The van der Waals surface area contributed by atoms with E-state index in [0.717, 1.165) is 10.0 Å². The number of aryl methyl sites for hydroxylation is 1. The van der Waals surface area contributed by atoms with Crippen LogP contribution in [0, 0.1) is 6.92 Å². The number of nitrogens with one attached hydrogen (secondary N) is 1. The third-order valence-electron chi connectivity index (χ3n) is 2.02. The molecule has 0 saturated carbocycles. The van der Waals surface area contributed by atoms with Crippen LogP contribution >= 0.6 is 15.9 Å². The number of halogens is 1. The lowest BCUT2D eigenvalue weighted by atomic mass is 10.3. The van der Waals surface area contributed by atoms with Gasteiger partial charge in [0.2, 0.25) is 0 Å². The summed E-state index contributed by atoms with van der Waals surface area (Å²) in [6.07, 6.45) is 3.08. The van der Waals surface area contributed by atoms with Crippen LogP contribution in [0.3, 0.4) is 0 Å². The highest BCUT2D eigenvalue weighted by Gasteiger charge is 2.10. The molecule has 0 bridgehead atoms. The molecule has 5 heteroatoms. The number of aromatic nitrogens is 1. The van der Waals surface area contributed by atoms with Gasteiger partial charge in [0.1, 0.15) is 5.82 Å². The third kappa shape index (κ3) is 2.30. The van der Waals surface area contributed by atoms with Gasteiger partial charge in [-0.05, 0) is 46.6 Å². The lowest BCUT2D eigenvalue weighted by molar-refractivity contribution is 0.0996. The van der Waals surface area contributed by atoms with Crippen molar-refractivity contribution in [3.8, 4) is 0 Å². The summed E-state index contributed by atoms with van der Waals surface area (Å²) in [7, 11) is 0. The lowest BCUT2D eigenvalue weighted by Crippen LogP contribution is -2.12. The fourth-order valence-electron chi connectivity index (χ4n) is 1.25. The van der Waals surface area contributed by atoms with E-state index >= 15 is 0 Å². The maximum absolute atomic E-state index is 11.7. The summed E-state index contributed by atoms with van der Waals surface area (Å²) < 4.78 is 5.86. The van der Waals surface area contributed by atoms with Crippen LogP contribution in [0.15, 0.2) is 39.5 Å². The van der Waals surface area contributed by atoms with Gasteiger partial charge in [-0.1, -0.05) is 0 Å². The fraction of sp³-hybridized carbons (Fsp3) is 0.0909. The van der Waals surface area contributed by atoms with Crippen molar-refractivity contribution < 1.29 is 9.21 Å². The first-order chi connectivity index (χ1) is 7.66. The Bertz CT molecular complexity index is 509. The van der Waals surface area contributed by atoms with Gasteiger partial charge in [0.25, 0.3) is 5.91 Å². The molecule has 0 unspecified atom stereocenters. The summed E-state index contributed by atoms with van der Waals surface area (Å²) in [5, 5.41) is 2.68. The van der Waals surface area contributed by atoms with E-state index in [0.29, 0.717) is 5.82 Å². The molecule has 1 amide bonds. The Morgan fingerprint density at radius 1 is 1.56 bits per heavy atom. The van der Waals surface area contributed by atoms with Gasteiger partial charge in [-0.15, -0.1) is 0 Å². The van der Waals surface area contributed by atoms with E-state index in [-0.39, 0.29) is 11.7 Å². The van der Waals surface area contributed by atoms with Gasteiger partial charge in [0.15, 0.2) is 5.76 Å². The van der Waals surface area contributed by atoms with Crippen molar-refractivity contribution in [2.24, 2.45) is 0 Å². The molecule has 82 valence electrons. The van der Waals surface area contributed by atoms with E-state index in [1.54, 1.807) is 18.3 Å². The molecule has 16 heavy (non-hydrogen) atoms. The second-order valence-corrected chi connectivity index (χ2v) is 4.17. The molecule has 0 radical (unpaired) electrons. The quantitative estimate of drug-likeness (QED) is 0.920. The van der Waals surface area contributed by atoms with Crippen molar-refractivity contribution in [2.75, 3.05) is 5.32 Å². The second-order valence-electron chi connectivity index (χ2n) is 3.25. The summed E-state index contributed by atoms with van der Waals surface area (Å²) in [6, 6.07) is 5.14. The highest BCUT2D eigenvalue weighted by molar-refractivity contribution is 9.10. The van der Waals surface area contributed by atoms with Crippen molar-refractivity contribution in [1.29, 1.82) is 0 Å². The summed E-state index contributed by atoms with van der Waals surface area (Å²) >= 11 is 3.31. The summed E-state index contributed by atoms with van der Waals surface area (Å²) in [5.74, 6) is 0.497. The molecule has 0 aliphatic heterocycles. The Labute approximate surface area is 101 Å². The predicted molar refractivity (Wildman–Crippen MR) is 63.3 cm³/mol. The monoisotopic (exact) mass is 280 g/mol. The molecule has 0 spiro atoms. The molecule has 0 aliphatic rings. The van der Waals surface area contributed by atoms with Crippen LogP contribution in [0.1, 0.15) is 16.1 Å². The Hall–Kier alpha value is -1.62. The normalized spacial score (nSPS) is 10.1. The molecule has 2 heterocycles. The van der Waals surface area contributed by atoms with Gasteiger partial charge in [-0.3, -0.25) is 4.79 Å². The van der Waals surface area contributed by atoms with Crippen molar-refractivity contribution in [2.45, 2.75) is 6.92 Å². The molecule has 2 aromatic heterocycles. The van der Waals surface area contributed by atoms with Gasteiger partial charge in [-0.25, -0.2) is 4.98 Å². The Morgan fingerprint density at radius 2 is 2.38 bits per heavy atom. The van der Waals surface area contributed by atoms with Gasteiger partial charge < -0.3 is 9.73 Å². The summed E-state index contributed by atoms with van der Waals surface area (Å²) in [6.45, 7) is 1.87. The predicted octanol–water partition coefficient (Wildman–Crippen LogP) is 3.00. The van der Waals surface area contributed by atoms with E-state index in [4.69, 9.17) is 4.42 Å². The largest absolute Gasteiger partial charge is 0.459 e. The third-order valence-corrected chi connectivity index (χ3v) is 2.46. The Morgan fingerprint density at radius 3 is 3.00 bits per heavy atom. The van der Waals surface area contributed by atoms with E-state index in [9.17, 15) is 4.79 Å². The fourth-order valence-corrected chi connectivity index (χ4v) is 1.69. The average Bonchev–Trinajstić information content (AvgIpc) is 2.75. The number of pyridine rings is 1. The Balaban J connectivity index is 2.18. The first kappa shape index (κ1) is 10.9. The van der Waals surface area contributed by atoms with E-state index in [2.05, 4.69) is 26.2 Å². The summed E-state index contributed by atoms with van der Waals surface area (Å²) in [4.78, 5) is 15.8. The minimum absolute atomic E-state index is 0.268. The minimum Gasteiger partial charge on any atom is -0.459 e. The maximum atomic E-state index is 11.7. The smallest absolute Gasteiger partial charge is 0.292 e. The van der Waals surface area contributed by atoms with Crippen LogP contribution < -0.4 is 5.32 Å². The van der Waals surface area contributed by atoms with Crippen LogP contribution in [-0.4, -0.2) is 10.9 Å². The number of nitrogens with zero attached hydrogens (tertiary/aromatic N) is 1. The second kappa shape index (κ2) is 4.49. The van der Waals surface area contributed by atoms with Crippen LogP contribution in [0.4, 0.5) is 5.82 Å². The molecule has 1 N–H and O–H groups in total. The number of rotatable bonds is 2. The molecule has 2 aromatic rings. The van der Waals surface area contributed by atoms with Crippen LogP contribution in [0.2, 0.25) is 0 Å². The zero-order valence-electron chi connectivity index (χ0n) is 8.53. The highest BCUT2D eigenvalue weighted by Crippen LogP contribution is 2.17. The van der Waals surface area contributed by atoms with E-state index in [1.807, 2.05) is 13.0 Å². The van der Waals surface area contributed by atoms with Crippen LogP contribution in [-0.2, 0) is 0 Å².